The molecule has 0 aromatic carbocycles. The normalized spacial score (nSPS) is 30.3. The average Bonchev–Trinajstić information content (AvgIpc) is 2.27. The second-order valence-electron chi connectivity index (χ2n) is 4.34. The fraction of sp³-hybridized carbons (Fsp3) is 1.00. The van der Waals surface area contributed by atoms with Gasteiger partial charge < -0.3 is 0 Å². The van der Waals surface area contributed by atoms with Crippen LogP contribution in [0.1, 0.15) is 46.0 Å². The van der Waals surface area contributed by atoms with Crippen LogP contribution in [-0.4, -0.2) is 23.8 Å². The maximum absolute atomic E-state index is 6.07. The van der Waals surface area contributed by atoms with Crippen molar-refractivity contribution in [3.63, 3.8) is 0 Å². The summed E-state index contributed by atoms with van der Waals surface area (Å²) in [4.78, 5) is 0. The Morgan fingerprint density at radius 3 is 2.20 bits per heavy atom. The van der Waals surface area contributed by atoms with Crippen molar-refractivity contribution < 1.29 is 4.74 Å². The molecule has 92 valence electrons. The summed E-state index contributed by atoms with van der Waals surface area (Å²) < 4.78 is 6.75. The van der Waals surface area contributed by atoms with Crippen molar-refractivity contribution in [2.45, 2.75) is 62.1 Å². The van der Waals surface area contributed by atoms with Crippen LogP contribution in [0.4, 0.5) is 0 Å². The SMILES string of the molecule is CC(C)O[C@@H]1CCCCC[C@H]1[Te](Br)(Br)Br. The maximum atomic E-state index is 6.07. The summed E-state index contributed by atoms with van der Waals surface area (Å²) in [6, 6.07) is 0. The van der Waals surface area contributed by atoms with Crippen molar-refractivity contribution in [2.75, 3.05) is 0 Å². The molecule has 1 aliphatic carbocycles. The van der Waals surface area contributed by atoms with E-state index >= 15 is 0 Å². The average molecular weight is 523 g/mol. The quantitative estimate of drug-likeness (QED) is 0.364. The zero-order chi connectivity index (χ0) is 11.5. The van der Waals surface area contributed by atoms with Crippen LogP contribution < -0.4 is 0 Å². The van der Waals surface area contributed by atoms with Crippen LogP contribution in [0.15, 0.2) is 0 Å². The molecule has 0 saturated heterocycles. The molecule has 1 rings (SSSR count). The Labute approximate surface area is 115 Å². The van der Waals surface area contributed by atoms with E-state index in [-0.39, 0.29) is 0 Å². The predicted octanol–water partition coefficient (Wildman–Crippen LogP) is 5.24. The van der Waals surface area contributed by atoms with E-state index in [0.29, 0.717) is 16.2 Å². The molecule has 0 amide bonds. The molecule has 0 unspecified atom stereocenters. The Morgan fingerprint density at radius 2 is 1.67 bits per heavy atom. The summed E-state index contributed by atoms with van der Waals surface area (Å²) in [7, 11) is 0. The molecule has 5 heteroatoms. The summed E-state index contributed by atoms with van der Waals surface area (Å²) in [5.74, 6) is 0. The molecule has 0 spiro atoms. The van der Waals surface area contributed by atoms with Crippen molar-refractivity contribution in [3.05, 3.63) is 0 Å². The van der Waals surface area contributed by atoms with E-state index in [2.05, 4.69) is 52.1 Å². The van der Waals surface area contributed by atoms with Crippen molar-refractivity contribution in [3.8, 4) is 0 Å². The van der Waals surface area contributed by atoms with Crippen LogP contribution in [0, 0.1) is 0 Å². The molecule has 1 fully saturated rings. The second kappa shape index (κ2) is 6.95. The van der Waals surface area contributed by atoms with Gasteiger partial charge in [-0.2, -0.15) is 0 Å². The van der Waals surface area contributed by atoms with E-state index in [1.165, 1.54) is 32.1 Å². The van der Waals surface area contributed by atoms with E-state index < -0.39 is 11.6 Å². The second-order valence-corrected chi connectivity index (χ2v) is 46.6. The summed E-state index contributed by atoms with van der Waals surface area (Å²) in [5, 5.41) is 0. The van der Waals surface area contributed by atoms with Crippen LogP contribution in [0.25, 0.3) is 0 Å². The van der Waals surface area contributed by atoms with Gasteiger partial charge in [-0.15, -0.1) is 0 Å². The standard InChI is InChI=1S/C10H19Br3OTe/c1-8(2)14-9-6-4-3-5-7-10(9)15(11,12)13/h8-10H,3-7H2,1-2H3/t9-,10-/m1/s1. The van der Waals surface area contributed by atoms with Gasteiger partial charge in [-0.05, 0) is 0 Å². The summed E-state index contributed by atoms with van der Waals surface area (Å²) in [5.41, 5.74) is 0. The minimum atomic E-state index is -2.13. The Balaban J connectivity index is 2.67. The fourth-order valence-electron chi connectivity index (χ4n) is 2.05. The Kier molecular flexibility index (Phi) is 7.06. The van der Waals surface area contributed by atoms with Crippen molar-refractivity contribution >= 4 is 49.8 Å². The molecule has 0 heterocycles. The predicted molar refractivity (Wildman–Crippen MR) is 79.4 cm³/mol. The van der Waals surface area contributed by atoms with E-state index in [1.54, 1.807) is 0 Å². The zero-order valence-electron chi connectivity index (χ0n) is 9.22. The monoisotopic (exact) mass is 522 g/mol. The first-order chi connectivity index (χ1) is 6.91. The van der Waals surface area contributed by atoms with Crippen LogP contribution in [0.2, 0.25) is 3.97 Å². The van der Waals surface area contributed by atoms with Crippen LogP contribution in [-0.2, 0) is 4.74 Å². The molecule has 0 aromatic heterocycles. The minimum absolute atomic E-state index is 0.341. The third-order valence-corrected chi connectivity index (χ3v) is 15.8. The number of hydrogen-bond acceptors (Lipinski definition) is 1. The number of halogens is 3. The van der Waals surface area contributed by atoms with E-state index in [1.807, 2.05) is 0 Å². The Bertz CT molecular complexity index is 194. The van der Waals surface area contributed by atoms with E-state index in [9.17, 15) is 0 Å². The van der Waals surface area contributed by atoms with Crippen LogP contribution in [0.5, 0.6) is 0 Å². The van der Waals surface area contributed by atoms with E-state index in [4.69, 9.17) is 4.74 Å². The van der Waals surface area contributed by atoms with Gasteiger partial charge >= 0.3 is 117 Å². The van der Waals surface area contributed by atoms with Gasteiger partial charge in [0.1, 0.15) is 0 Å². The Hall–Kier alpha value is 2.19. The van der Waals surface area contributed by atoms with Gasteiger partial charge in [0.15, 0.2) is 0 Å². The van der Waals surface area contributed by atoms with Crippen molar-refractivity contribution in [1.82, 2.24) is 0 Å². The molecule has 2 atom stereocenters. The van der Waals surface area contributed by atoms with Gasteiger partial charge in [-0.3, -0.25) is 0 Å². The molecule has 0 aromatic rings. The van der Waals surface area contributed by atoms with Gasteiger partial charge in [-0.25, -0.2) is 0 Å². The topological polar surface area (TPSA) is 9.23 Å². The summed E-state index contributed by atoms with van der Waals surface area (Å²) in [6.07, 6.45) is 7.32. The third kappa shape index (κ3) is 5.57. The molecule has 0 aliphatic heterocycles. The summed E-state index contributed by atoms with van der Waals surface area (Å²) in [6.45, 7) is 4.27. The van der Waals surface area contributed by atoms with Crippen LogP contribution >= 0.6 is 38.3 Å². The van der Waals surface area contributed by atoms with Crippen molar-refractivity contribution in [2.24, 2.45) is 0 Å². The van der Waals surface area contributed by atoms with Gasteiger partial charge in [0.25, 0.3) is 0 Å². The fourth-order valence-corrected chi connectivity index (χ4v) is 13.4. The molecule has 0 bridgehead atoms. The van der Waals surface area contributed by atoms with E-state index in [0.717, 1.165) is 0 Å². The molecule has 0 N–H and O–H groups in total. The zero-order valence-corrected chi connectivity index (χ0v) is 16.3. The molecule has 1 saturated carbocycles. The Morgan fingerprint density at radius 1 is 1.07 bits per heavy atom. The van der Waals surface area contributed by atoms with Crippen molar-refractivity contribution in [1.29, 1.82) is 0 Å². The molecule has 0 radical (unpaired) electrons. The first-order valence-corrected chi connectivity index (χ1v) is 22.5. The molecule has 1 nitrogen and oxygen atoms in total. The molecular weight excluding hydrogens is 503 g/mol. The number of rotatable bonds is 3. The number of ether oxygens (including phenoxy) is 1. The summed E-state index contributed by atoms with van der Waals surface area (Å²) >= 11 is 9.41. The van der Waals surface area contributed by atoms with Gasteiger partial charge in [-0.1, -0.05) is 0 Å². The molecular formula is C10H19Br3OTe. The first kappa shape index (κ1) is 15.2. The van der Waals surface area contributed by atoms with Gasteiger partial charge in [0.2, 0.25) is 0 Å². The van der Waals surface area contributed by atoms with Gasteiger partial charge in [0.05, 0.1) is 0 Å². The third-order valence-electron chi connectivity index (χ3n) is 2.68. The molecule has 1 aliphatic rings. The van der Waals surface area contributed by atoms with Gasteiger partial charge in [0, 0.05) is 0 Å². The van der Waals surface area contributed by atoms with Crippen LogP contribution in [0.3, 0.4) is 0 Å². The number of hydrogen-bond donors (Lipinski definition) is 0. The molecule has 15 heavy (non-hydrogen) atoms. The first-order valence-electron chi connectivity index (χ1n) is 5.47.